The van der Waals surface area contributed by atoms with Gasteiger partial charge in [0.25, 0.3) is 0 Å². The van der Waals surface area contributed by atoms with Gasteiger partial charge in [0.15, 0.2) is 0 Å². The average molecular weight is 414 g/mol. The van der Waals surface area contributed by atoms with Crippen molar-refractivity contribution in [3.63, 3.8) is 0 Å². The quantitative estimate of drug-likeness (QED) is 0.426. The van der Waals surface area contributed by atoms with E-state index in [0.29, 0.717) is 18.8 Å². The highest BCUT2D eigenvalue weighted by molar-refractivity contribution is 7.89. The number of hydrogen-bond acceptors (Lipinski definition) is 5. The average Bonchev–Trinajstić information content (AvgIpc) is 2.62. The van der Waals surface area contributed by atoms with Gasteiger partial charge in [-0.25, -0.2) is 13.1 Å². The maximum Gasteiger partial charge on any atom is 0.240 e. The van der Waals surface area contributed by atoms with Gasteiger partial charge in [0.1, 0.15) is 0 Å². The molecule has 1 amide bonds. The number of nitrogen functional groups attached to an aromatic ring is 1. The first kappa shape index (κ1) is 22.9. The standard InChI is InChI=1S/C18H23N3O4S.ClH/c1-25-11-10-21-26(23,24)17-8-4-15(5-9-17)13-20-18(22)12-14-2-6-16(19)7-3-14;/h2-9,21H,10-13,19H2,1H3,(H,20,22);1H. The molecule has 0 aromatic heterocycles. The van der Waals surface area contributed by atoms with E-state index in [-0.39, 0.29) is 36.2 Å². The number of rotatable bonds is 9. The van der Waals surface area contributed by atoms with Crippen LogP contribution >= 0.6 is 12.4 Å². The Balaban J connectivity index is 0.00000364. The van der Waals surface area contributed by atoms with Crippen molar-refractivity contribution >= 4 is 34.0 Å². The Hall–Kier alpha value is -2.13. The largest absolute Gasteiger partial charge is 0.399 e. The predicted octanol–water partition coefficient (Wildman–Crippen LogP) is 1.47. The molecule has 2 aromatic rings. The van der Waals surface area contributed by atoms with Crippen molar-refractivity contribution in [3.05, 3.63) is 59.7 Å². The van der Waals surface area contributed by atoms with Crippen molar-refractivity contribution in [2.24, 2.45) is 0 Å². The zero-order chi connectivity index (χ0) is 19.0. The normalized spacial score (nSPS) is 10.9. The van der Waals surface area contributed by atoms with Gasteiger partial charge in [0.05, 0.1) is 17.9 Å². The maximum atomic E-state index is 12.1. The molecule has 0 aliphatic rings. The van der Waals surface area contributed by atoms with Crippen LogP contribution in [0.5, 0.6) is 0 Å². The van der Waals surface area contributed by atoms with Crippen molar-refractivity contribution < 1.29 is 17.9 Å². The molecule has 9 heteroatoms. The van der Waals surface area contributed by atoms with Crippen LogP contribution in [0.2, 0.25) is 0 Å². The second-order valence-corrected chi connectivity index (χ2v) is 7.50. The molecule has 2 aromatic carbocycles. The number of carbonyl (C=O) groups is 1. The van der Waals surface area contributed by atoms with Crippen LogP contribution in [0.25, 0.3) is 0 Å². The molecule has 0 saturated carbocycles. The highest BCUT2D eigenvalue weighted by Gasteiger charge is 2.13. The van der Waals surface area contributed by atoms with Gasteiger partial charge < -0.3 is 15.8 Å². The number of benzene rings is 2. The van der Waals surface area contributed by atoms with Crippen molar-refractivity contribution in [2.45, 2.75) is 17.9 Å². The summed E-state index contributed by atoms with van der Waals surface area (Å²) in [5.74, 6) is -0.118. The molecule has 0 fully saturated rings. The lowest BCUT2D eigenvalue weighted by Crippen LogP contribution is -2.27. The molecule has 0 aliphatic carbocycles. The molecule has 0 bridgehead atoms. The van der Waals surface area contributed by atoms with E-state index in [4.69, 9.17) is 10.5 Å². The van der Waals surface area contributed by atoms with Gasteiger partial charge in [-0.15, -0.1) is 12.4 Å². The van der Waals surface area contributed by atoms with Crippen molar-refractivity contribution in [1.82, 2.24) is 10.0 Å². The fraction of sp³-hybridized carbons (Fsp3) is 0.278. The third kappa shape index (κ3) is 7.56. The summed E-state index contributed by atoms with van der Waals surface area (Å²) >= 11 is 0. The van der Waals surface area contributed by atoms with Crippen LogP contribution in [0, 0.1) is 0 Å². The molecular formula is C18H24ClN3O4S. The molecule has 0 atom stereocenters. The van der Waals surface area contributed by atoms with Crippen molar-refractivity contribution in [2.75, 3.05) is 26.0 Å². The first-order valence-electron chi connectivity index (χ1n) is 8.09. The monoisotopic (exact) mass is 413 g/mol. The Morgan fingerprint density at radius 1 is 1.04 bits per heavy atom. The van der Waals surface area contributed by atoms with Crippen LogP contribution in [0.1, 0.15) is 11.1 Å². The molecule has 27 heavy (non-hydrogen) atoms. The number of methoxy groups -OCH3 is 1. The number of anilines is 1. The summed E-state index contributed by atoms with van der Waals surface area (Å²) in [6.07, 6.45) is 0.260. The van der Waals surface area contributed by atoms with Crippen molar-refractivity contribution in [3.8, 4) is 0 Å². The fourth-order valence-corrected chi connectivity index (χ4v) is 3.25. The fourth-order valence-electron chi connectivity index (χ4n) is 2.23. The van der Waals surface area contributed by atoms with E-state index in [1.807, 2.05) is 12.1 Å². The Bertz CT molecular complexity index is 825. The molecule has 148 valence electrons. The predicted molar refractivity (Wildman–Crippen MR) is 107 cm³/mol. The van der Waals surface area contributed by atoms with E-state index in [0.717, 1.165) is 11.1 Å². The van der Waals surface area contributed by atoms with Gasteiger partial charge in [-0.1, -0.05) is 24.3 Å². The second-order valence-electron chi connectivity index (χ2n) is 5.73. The molecule has 0 radical (unpaired) electrons. The first-order chi connectivity index (χ1) is 12.4. The zero-order valence-electron chi connectivity index (χ0n) is 15.0. The number of nitrogens with one attached hydrogen (secondary N) is 2. The summed E-state index contributed by atoms with van der Waals surface area (Å²) in [5, 5.41) is 2.81. The van der Waals surface area contributed by atoms with E-state index in [2.05, 4.69) is 10.0 Å². The molecule has 0 unspecified atom stereocenters. The minimum atomic E-state index is -3.55. The number of sulfonamides is 1. The third-order valence-electron chi connectivity index (χ3n) is 3.67. The smallest absolute Gasteiger partial charge is 0.240 e. The Labute approximate surface area is 165 Å². The van der Waals surface area contributed by atoms with Gasteiger partial charge in [-0.3, -0.25) is 4.79 Å². The zero-order valence-corrected chi connectivity index (χ0v) is 16.6. The maximum absolute atomic E-state index is 12.1. The molecule has 4 N–H and O–H groups in total. The number of hydrogen-bond donors (Lipinski definition) is 3. The molecule has 0 spiro atoms. The number of carbonyl (C=O) groups excluding carboxylic acids is 1. The van der Waals surface area contributed by atoms with Crippen LogP contribution in [-0.4, -0.2) is 34.6 Å². The van der Waals surface area contributed by atoms with Crippen LogP contribution in [0.3, 0.4) is 0 Å². The first-order valence-corrected chi connectivity index (χ1v) is 9.57. The lowest BCUT2D eigenvalue weighted by atomic mass is 10.1. The minimum absolute atomic E-state index is 0. The van der Waals surface area contributed by atoms with Gasteiger partial charge in [-0.05, 0) is 35.4 Å². The Kier molecular flexibility index (Phi) is 9.23. The number of halogens is 1. The summed E-state index contributed by atoms with van der Waals surface area (Å²) in [4.78, 5) is 12.2. The summed E-state index contributed by atoms with van der Waals surface area (Å²) < 4.78 is 31.4. The molecule has 2 rings (SSSR count). The van der Waals surface area contributed by atoms with E-state index in [1.165, 1.54) is 19.2 Å². The highest BCUT2D eigenvalue weighted by Crippen LogP contribution is 2.11. The molecule has 7 nitrogen and oxygen atoms in total. The third-order valence-corrected chi connectivity index (χ3v) is 5.14. The molecular weight excluding hydrogens is 390 g/mol. The van der Waals surface area contributed by atoms with Gasteiger partial charge in [0, 0.05) is 25.9 Å². The van der Waals surface area contributed by atoms with E-state index in [9.17, 15) is 13.2 Å². The number of ether oxygens (including phenoxy) is 1. The summed E-state index contributed by atoms with van der Waals surface area (Å²) in [6.45, 7) is 0.838. The van der Waals surface area contributed by atoms with E-state index >= 15 is 0 Å². The second kappa shape index (κ2) is 10.9. The number of nitrogens with two attached hydrogens (primary N) is 1. The Morgan fingerprint density at radius 3 is 2.22 bits per heavy atom. The summed E-state index contributed by atoms with van der Waals surface area (Å²) in [7, 11) is -2.05. The summed E-state index contributed by atoms with van der Waals surface area (Å²) in [5.41, 5.74) is 7.96. The van der Waals surface area contributed by atoms with Crippen LogP contribution < -0.4 is 15.8 Å². The molecule has 0 heterocycles. The van der Waals surface area contributed by atoms with E-state index in [1.54, 1.807) is 24.3 Å². The van der Waals surface area contributed by atoms with Gasteiger partial charge in [-0.2, -0.15) is 0 Å². The van der Waals surface area contributed by atoms with Crippen LogP contribution in [-0.2, 0) is 32.5 Å². The topological polar surface area (TPSA) is 111 Å². The lowest BCUT2D eigenvalue weighted by Gasteiger charge is -2.08. The summed E-state index contributed by atoms with van der Waals surface area (Å²) in [6, 6.07) is 13.5. The van der Waals surface area contributed by atoms with Crippen molar-refractivity contribution in [1.29, 1.82) is 0 Å². The SMILES string of the molecule is COCCNS(=O)(=O)c1ccc(CNC(=O)Cc2ccc(N)cc2)cc1.Cl. The molecule has 0 saturated heterocycles. The Morgan fingerprint density at radius 2 is 1.63 bits per heavy atom. The number of amides is 1. The van der Waals surface area contributed by atoms with Gasteiger partial charge >= 0.3 is 0 Å². The highest BCUT2D eigenvalue weighted by atomic mass is 35.5. The van der Waals surface area contributed by atoms with Gasteiger partial charge in [0.2, 0.25) is 15.9 Å². The van der Waals surface area contributed by atoms with Crippen LogP contribution in [0.15, 0.2) is 53.4 Å². The minimum Gasteiger partial charge on any atom is -0.399 e. The molecule has 0 aliphatic heterocycles. The lowest BCUT2D eigenvalue weighted by molar-refractivity contribution is -0.120. The van der Waals surface area contributed by atoms with E-state index < -0.39 is 10.0 Å². The van der Waals surface area contributed by atoms with Crippen LogP contribution in [0.4, 0.5) is 5.69 Å².